The Bertz CT molecular complexity index is 1190. The molecule has 0 saturated heterocycles. The number of aryl methyl sites for hydroxylation is 1. The summed E-state index contributed by atoms with van der Waals surface area (Å²) in [5, 5.41) is 8.25. The number of anilines is 2. The molecule has 0 saturated carbocycles. The zero-order valence-electron chi connectivity index (χ0n) is 16.3. The van der Waals surface area contributed by atoms with Crippen LogP contribution in [0.25, 0.3) is 17.2 Å². The van der Waals surface area contributed by atoms with Crippen LogP contribution in [0.2, 0.25) is 0 Å². The van der Waals surface area contributed by atoms with Crippen molar-refractivity contribution in [2.75, 3.05) is 18.5 Å². The fourth-order valence-electron chi connectivity index (χ4n) is 3.56. The summed E-state index contributed by atoms with van der Waals surface area (Å²) in [4.78, 5) is 9.32. The summed E-state index contributed by atoms with van der Waals surface area (Å²) >= 11 is 0. The van der Waals surface area contributed by atoms with E-state index in [0.29, 0.717) is 24.8 Å². The van der Waals surface area contributed by atoms with Crippen LogP contribution >= 0.6 is 0 Å². The molecular weight excluding hydrogens is 366 g/mol. The van der Waals surface area contributed by atoms with E-state index in [2.05, 4.69) is 22.2 Å². The molecule has 0 radical (unpaired) electrons. The van der Waals surface area contributed by atoms with Gasteiger partial charge in [0.15, 0.2) is 17.3 Å². The molecule has 0 aliphatic carbocycles. The molecule has 5 rings (SSSR count). The maximum absolute atomic E-state index is 5.72. The van der Waals surface area contributed by atoms with E-state index in [1.54, 1.807) is 4.52 Å². The van der Waals surface area contributed by atoms with Gasteiger partial charge >= 0.3 is 0 Å². The number of benzene rings is 2. The molecule has 2 aromatic heterocycles. The maximum Gasteiger partial charge on any atom is 0.254 e. The van der Waals surface area contributed by atoms with Crippen LogP contribution in [0.15, 0.2) is 48.5 Å². The average molecular weight is 387 g/mol. The SMILES string of the molecule is CCc1c(C)nc2nc(-c3ccccc3)nn2c1Nc1ccc2c(c1)OCCO2. The number of nitrogens with one attached hydrogen (secondary N) is 1. The normalized spacial score (nSPS) is 12.9. The van der Waals surface area contributed by atoms with Crippen LogP contribution in [0.5, 0.6) is 11.5 Å². The van der Waals surface area contributed by atoms with Gasteiger partial charge in [-0.1, -0.05) is 37.3 Å². The summed E-state index contributed by atoms with van der Waals surface area (Å²) in [5.74, 6) is 3.58. The van der Waals surface area contributed by atoms with Crippen molar-refractivity contribution in [3.8, 4) is 22.9 Å². The van der Waals surface area contributed by atoms with E-state index in [9.17, 15) is 0 Å². The van der Waals surface area contributed by atoms with Gasteiger partial charge < -0.3 is 14.8 Å². The zero-order chi connectivity index (χ0) is 19.8. The fraction of sp³-hybridized carbons (Fsp3) is 0.227. The Morgan fingerprint density at radius 2 is 1.79 bits per heavy atom. The van der Waals surface area contributed by atoms with Crippen molar-refractivity contribution in [1.82, 2.24) is 19.6 Å². The van der Waals surface area contributed by atoms with Crippen LogP contribution in [0, 0.1) is 6.92 Å². The molecule has 3 heterocycles. The number of hydrogen-bond donors (Lipinski definition) is 1. The molecule has 1 aliphatic rings. The number of nitrogens with zero attached hydrogens (tertiary/aromatic N) is 4. The Morgan fingerprint density at radius 1 is 1.00 bits per heavy atom. The zero-order valence-corrected chi connectivity index (χ0v) is 16.3. The maximum atomic E-state index is 5.72. The van der Waals surface area contributed by atoms with Crippen LogP contribution in [-0.4, -0.2) is 32.8 Å². The van der Waals surface area contributed by atoms with Crippen molar-refractivity contribution < 1.29 is 9.47 Å². The minimum Gasteiger partial charge on any atom is -0.486 e. The molecule has 0 atom stereocenters. The largest absolute Gasteiger partial charge is 0.486 e. The second kappa shape index (κ2) is 7.09. The first-order valence-corrected chi connectivity index (χ1v) is 9.71. The van der Waals surface area contributed by atoms with E-state index in [-0.39, 0.29) is 0 Å². The van der Waals surface area contributed by atoms with Gasteiger partial charge in [0.2, 0.25) is 0 Å². The van der Waals surface area contributed by atoms with Crippen LogP contribution in [0.3, 0.4) is 0 Å². The van der Waals surface area contributed by atoms with Crippen molar-refractivity contribution in [2.45, 2.75) is 20.3 Å². The van der Waals surface area contributed by atoms with E-state index in [0.717, 1.165) is 46.2 Å². The molecule has 29 heavy (non-hydrogen) atoms. The van der Waals surface area contributed by atoms with E-state index in [1.807, 2.05) is 55.5 Å². The molecule has 0 fully saturated rings. The van der Waals surface area contributed by atoms with Gasteiger partial charge in [0, 0.05) is 28.6 Å². The van der Waals surface area contributed by atoms with E-state index >= 15 is 0 Å². The predicted molar refractivity (Wildman–Crippen MR) is 111 cm³/mol. The predicted octanol–water partition coefficient (Wildman–Crippen LogP) is 4.18. The second-order valence-corrected chi connectivity index (χ2v) is 6.87. The Balaban J connectivity index is 1.62. The topological polar surface area (TPSA) is 73.6 Å². The van der Waals surface area contributed by atoms with Gasteiger partial charge in [0.1, 0.15) is 19.0 Å². The molecular formula is C22H21N5O2. The van der Waals surface area contributed by atoms with Crippen LogP contribution < -0.4 is 14.8 Å². The Morgan fingerprint density at radius 3 is 2.59 bits per heavy atom. The van der Waals surface area contributed by atoms with Gasteiger partial charge in [-0.15, -0.1) is 5.10 Å². The van der Waals surface area contributed by atoms with Crippen molar-refractivity contribution in [1.29, 1.82) is 0 Å². The summed E-state index contributed by atoms with van der Waals surface area (Å²) in [6.07, 6.45) is 0.822. The van der Waals surface area contributed by atoms with Gasteiger partial charge in [-0.05, 0) is 25.5 Å². The Labute approximate surface area is 168 Å². The van der Waals surface area contributed by atoms with E-state index in [4.69, 9.17) is 14.6 Å². The molecule has 0 unspecified atom stereocenters. The smallest absolute Gasteiger partial charge is 0.254 e. The number of ether oxygens (including phenoxy) is 2. The highest BCUT2D eigenvalue weighted by Gasteiger charge is 2.18. The third-order valence-corrected chi connectivity index (χ3v) is 4.98. The van der Waals surface area contributed by atoms with Crippen molar-refractivity contribution in [2.24, 2.45) is 0 Å². The Kier molecular flexibility index (Phi) is 4.27. The Hall–Kier alpha value is -3.61. The fourth-order valence-corrected chi connectivity index (χ4v) is 3.56. The lowest BCUT2D eigenvalue weighted by Crippen LogP contribution is -2.15. The van der Waals surface area contributed by atoms with Crippen molar-refractivity contribution >= 4 is 17.3 Å². The highest BCUT2D eigenvalue weighted by atomic mass is 16.6. The summed E-state index contributed by atoms with van der Waals surface area (Å²) in [6.45, 7) is 5.24. The van der Waals surface area contributed by atoms with E-state index in [1.165, 1.54) is 0 Å². The quantitative estimate of drug-likeness (QED) is 0.566. The van der Waals surface area contributed by atoms with Crippen molar-refractivity contribution in [3.05, 3.63) is 59.8 Å². The lowest BCUT2D eigenvalue weighted by molar-refractivity contribution is 0.171. The first-order chi connectivity index (χ1) is 14.2. The molecule has 1 N–H and O–H groups in total. The van der Waals surface area contributed by atoms with Crippen LogP contribution in [0.1, 0.15) is 18.2 Å². The number of aromatic nitrogens is 4. The molecule has 146 valence electrons. The summed E-state index contributed by atoms with van der Waals surface area (Å²) in [6, 6.07) is 15.8. The van der Waals surface area contributed by atoms with Gasteiger partial charge in [-0.3, -0.25) is 0 Å². The number of fused-ring (bicyclic) bond motifs is 2. The molecule has 0 bridgehead atoms. The van der Waals surface area contributed by atoms with E-state index < -0.39 is 0 Å². The summed E-state index contributed by atoms with van der Waals surface area (Å²) < 4.78 is 13.1. The van der Waals surface area contributed by atoms with Crippen LogP contribution in [0.4, 0.5) is 11.5 Å². The minimum absolute atomic E-state index is 0.554. The average Bonchev–Trinajstić information content (AvgIpc) is 3.18. The summed E-state index contributed by atoms with van der Waals surface area (Å²) in [5.41, 5.74) is 3.88. The number of rotatable bonds is 4. The number of hydrogen-bond acceptors (Lipinski definition) is 6. The standard InChI is InChI=1S/C22H21N5O2/c1-3-17-14(2)23-22-25-20(15-7-5-4-6-8-15)26-27(22)21(17)24-16-9-10-18-19(13-16)29-12-11-28-18/h4-10,13,24H,3,11-12H2,1-2H3. The minimum atomic E-state index is 0.554. The van der Waals surface area contributed by atoms with Gasteiger partial charge in [-0.25, -0.2) is 4.98 Å². The lowest BCUT2D eigenvalue weighted by atomic mass is 10.1. The lowest BCUT2D eigenvalue weighted by Gasteiger charge is -2.20. The molecule has 0 amide bonds. The van der Waals surface area contributed by atoms with Crippen LogP contribution in [-0.2, 0) is 6.42 Å². The molecule has 7 nitrogen and oxygen atoms in total. The molecule has 4 aromatic rings. The van der Waals surface area contributed by atoms with Gasteiger partial charge in [0.05, 0.1) is 0 Å². The van der Waals surface area contributed by atoms with Gasteiger partial charge in [-0.2, -0.15) is 9.50 Å². The third kappa shape index (κ3) is 3.14. The highest BCUT2D eigenvalue weighted by Crippen LogP contribution is 2.34. The monoisotopic (exact) mass is 387 g/mol. The first kappa shape index (κ1) is 17.5. The van der Waals surface area contributed by atoms with Crippen molar-refractivity contribution in [3.63, 3.8) is 0 Å². The first-order valence-electron chi connectivity index (χ1n) is 9.71. The second-order valence-electron chi connectivity index (χ2n) is 6.87. The summed E-state index contributed by atoms with van der Waals surface area (Å²) in [7, 11) is 0. The van der Waals surface area contributed by atoms with Gasteiger partial charge in [0.25, 0.3) is 5.78 Å². The molecule has 1 aliphatic heterocycles. The third-order valence-electron chi connectivity index (χ3n) is 4.98. The molecule has 7 heteroatoms. The molecule has 0 spiro atoms. The highest BCUT2D eigenvalue weighted by molar-refractivity contribution is 5.67. The molecule has 2 aromatic carbocycles.